The van der Waals surface area contributed by atoms with Crippen LogP contribution >= 0.6 is 38.5 Å². The fourth-order valence-electron chi connectivity index (χ4n) is 3.67. The molecule has 0 bridgehead atoms. The van der Waals surface area contributed by atoms with Gasteiger partial charge >= 0.3 is 6.03 Å². The molecule has 1 aliphatic heterocycles. The molecule has 196 valence electrons. The smallest absolute Gasteiger partial charge is 0.335 e. The van der Waals surface area contributed by atoms with Crippen molar-refractivity contribution in [3.8, 4) is 17.2 Å². The fraction of sp³-hybridized carbons (Fsp3) is 0.179. The Morgan fingerprint density at radius 2 is 1.71 bits per heavy atom. The molecule has 0 atom stereocenters. The molecule has 0 spiro atoms. The Kier molecular flexibility index (Phi) is 8.72. The van der Waals surface area contributed by atoms with E-state index in [-0.39, 0.29) is 11.7 Å². The molecule has 10 heteroatoms. The zero-order valence-corrected chi connectivity index (χ0v) is 24.5. The van der Waals surface area contributed by atoms with E-state index in [1.807, 2.05) is 38.1 Å². The van der Waals surface area contributed by atoms with Gasteiger partial charge in [0.1, 0.15) is 17.9 Å². The summed E-state index contributed by atoms with van der Waals surface area (Å²) in [5.41, 5.74) is 1.66. The van der Waals surface area contributed by atoms with Gasteiger partial charge in [-0.05, 0) is 102 Å². The van der Waals surface area contributed by atoms with E-state index in [1.54, 1.807) is 36.4 Å². The van der Waals surface area contributed by atoms with Gasteiger partial charge in [-0.15, -0.1) is 0 Å². The van der Waals surface area contributed by atoms with Crippen molar-refractivity contribution in [3.63, 3.8) is 0 Å². The molecule has 4 amide bonds. The number of imide groups is 2. The number of amides is 4. The minimum atomic E-state index is -0.825. The van der Waals surface area contributed by atoms with Gasteiger partial charge in [0.05, 0.1) is 22.5 Å². The van der Waals surface area contributed by atoms with E-state index in [4.69, 9.17) is 14.2 Å². The van der Waals surface area contributed by atoms with E-state index < -0.39 is 17.8 Å². The maximum absolute atomic E-state index is 13.3. The van der Waals surface area contributed by atoms with Gasteiger partial charge in [0.2, 0.25) is 0 Å². The highest BCUT2D eigenvalue weighted by atomic mass is 127. The number of halogens is 2. The summed E-state index contributed by atoms with van der Waals surface area (Å²) in [6.45, 7) is 4.17. The number of anilines is 1. The van der Waals surface area contributed by atoms with Crippen LogP contribution in [0, 0.1) is 3.57 Å². The van der Waals surface area contributed by atoms with E-state index in [0.29, 0.717) is 35.1 Å². The van der Waals surface area contributed by atoms with Crippen LogP contribution in [0.25, 0.3) is 6.08 Å². The molecule has 1 heterocycles. The SMILES string of the molecule is COc1cc(/C=C2\C(=O)NC(=O)N(c3ccc(OCc4ccc(Br)cc4)cc3)C2=O)cc(I)c1OC(C)C. The normalized spacial score (nSPS) is 14.6. The second kappa shape index (κ2) is 12.0. The average Bonchev–Trinajstić information content (AvgIpc) is 2.88. The highest BCUT2D eigenvalue weighted by Crippen LogP contribution is 2.35. The van der Waals surface area contributed by atoms with Gasteiger partial charge in [0.15, 0.2) is 11.5 Å². The molecule has 38 heavy (non-hydrogen) atoms. The van der Waals surface area contributed by atoms with Gasteiger partial charge in [-0.2, -0.15) is 0 Å². The van der Waals surface area contributed by atoms with Crippen molar-refractivity contribution in [2.45, 2.75) is 26.6 Å². The Morgan fingerprint density at radius 1 is 1.03 bits per heavy atom. The van der Waals surface area contributed by atoms with Crippen molar-refractivity contribution < 1.29 is 28.6 Å². The Balaban J connectivity index is 1.56. The topological polar surface area (TPSA) is 94.2 Å². The molecule has 0 aromatic heterocycles. The molecule has 3 aromatic carbocycles. The van der Waals surface area contributed by atoms with E-state index in [0.717, 1.165) is 18.5 Å². The van der Waals surface area contributed by atoms with Crippen molar-refractivity contribution in [3.05, 3.63) is 85.4 Å². The molecule has 0 radical (unpaired) electrons. The average molecular weight is 691 g/mol. The van der Waals surface area contributed by atoms with Gasteiger partial charge in [0.25, 0.3) is 11.8 Å². The maximum atomic E-state index is 13.3. The van der Waals surface area contributed by atoms with Crippen molar-refractivity contribution in [1.29, 1.82) is 0 Å². The predicted octanol–water partition coefficient (Wildman–Crippen LogP) is 6.09. The number of barbiturate groups is 1. The third-order valence-corrected chi connectivity index (χ3v) is 6.76. The maximum Gasteiger partial charge on any atom is 0.335 e. The number of hydrogen-bond donors (Lipinski definition) is 1. The summed E-state index contributed by atoms with van der Waals surface area (Å²) in [4.78, 5) is 39.5. The van der Waals surface area contributed by atoms with Crippen LogP contribution < -0.4 is 24.4 Å². The number of rotatable bonds is 8. The first kappa shape index (κ1) is 27.6. The summed E-state index contributed by atoms with van der Waals surface area (Å²) in [5.74, 6) is 0.0939. The molecule has 0 aliphatic carbocycles. The predicted molar refractivity (Wildman–Crippen MR) is 155 cm³/mol. The van der Waals surface area contributed by atoms with E-state index in [1.165, 1.54) is 13.2 Å². The number of nitrogens with zero attached hydrogens (tertiary/aromatic N) is 1. The van der Waals surface area contributed by atoms with Crippen LogP contribution in [0.1, 0.15) is 25.0 Å². The van der Waals surface area contributed by atoms with Crippen LogP contribution in [0.5, 0.6) is 17.2 Å². The molecular formula is C28H24BrIN2O6. The van der Waals surface area contributed by atoms with Crippen LogP contribution in [-0.2, 0) is 16.2 Å². The summed E-state index contributed by atoms with van der Waals surface area (Å²) in [6, 6.07) is 16.9. The molecule has 1 aliphatic rings. The summed E-state index contributed by atoms with van der Waals surface area (Å²) >= 11 is 5.51. The monoisotopic (exact) mass is 690 g/mol. The van der Waals surface area contributed by atoms with Crippen molar-refractivity contribution in [1.82, 2.24) is 5.32 Å². The lowest BCUT2D eigenvalue weighted by Crippen LogP contribution is -2.54. The first-order chi connectivity index (χ1) is 18.2. The van der Waals surface area contributed by atoms with Gasteiger partial charge in [0, 0.05) is 4.47 Å². The lowest BCUT2D eigenvalue weighted by Gasteiger charge is -2.26. The minimum Gasteiger partial charge on any atom is -0.493 e. The summed E-state index contributed by atoms with van der Waals surface area (Å²) in [6.07, 6.45) is 1.36. The number of methoxy groups -OCH3 is 1. The van der Waals surface area contributed by atoms with Gasteiger partial charge in [-0.25, -0.2) is 9.69 Å². The van der Waals surface area contributed by atoms with E-state index in [9.17, 15) is 14.4 Å². The molecule has 1 N–H and O–H groups in total. The molecular weight excluding hydrogens is 667 g/mol. The summed E-state index contributed by atoms with van der Waals surface area (Å²) < 4.78 is 18.8. The van der Waals surface area contributed by atoms with Crippen LogP contribution in [-0.4, -0.2) is 31.1 Å². The largest absolute Gasteiger partial charge is 0.493 e. The van der Waals surface area contributed by atoms with Crippen LogP contribution in [0.3, 0.4) is 0 Å². The Morgan fingerprint density at radius 3 is 2.34 bits per heavy atom. The van der Waals surface area contributed by atoms with Crippen LogP contribution in [0.15, 0.2) is 70.7 Å². The van der Waals surface area contributed by atoms with Crippen LogP contribution in [0.2, 0.25) is 0 Å². The van der Waals surface area contributed by atoms with Crippen molar-refractivity contribution in [2.75, 3.05) is 12.0 Å². The second-order valence-electron chi connectivity index (χ2n) is 8.57. The van der Waals surface area contributed by atoms with Gasteiger partial charge in [-0.3, -0.25) is 14.9 Å². The number of hydrogen-bond acceptors (Lipinski definition) is 6. The number of carbonyl (C=O) groups excluding carboxylic acids is 3. The number of urea groups is 1. The molecule has 8 nitrogen and oxygen atoms in total. The zero-order valence-electron chi connectivity index (χ0n) is 20.8. The third kappa shape index (κ3) is 6.36. The summed E-state index contributed by atoms with van der Waals surface area (Å²) in [5, 5.41) is 2.24. The Hall–Kier alpha value is -3.38. The molecule has 1 fully saturated rings. The van der Waals surface area contributed by atoms with Crippen LogP contribution in [0.4, 0.5) is 10.5 Å². The number of nitrogens with one attached hydrogen (secondary N) is 1. The molecule has 0 saturated carbocycles. The van der Waals surface area contributed by atoms with E-state index in [2.05, 4.69) is 43.8 Å². The van der Waals surface area contributed by atoms with E-state index >= 15 is 0 Å². The van der Waals surface area contributed by atoms with Crippen molar-refractivity contribution >= 4 is 68.1 Å². The molecule has 3 aromatic rings. The lowest BCUT2D eigenvalue weighted by atomic mass is 10.1. The number of ether oxygens (including phenoxy) is 3. The van der Waals surface area contributed by atoms with Crippen molar-refractivity contribution in [2.24, 2.45) is 0 Å². The first-order valence-electron chi connectivity index (χ1n) is 11.6. The molecule has 0 unspecified atom stereocenters. The minimum absolute atomic E-state index is 0.0653. The highest BCUT2D eigenvalue weighted by molar-refractivity contribution is 14.1. The summed E-state index contributed by atoms with van der Waals surface area (Å²) in [7, 11) is 1.51. The quantitative estimate of drug-likeness (QED) is 0.175. The number of carbonyl (C=O) groups is 3. The zero-order chi connectivity index (χ0) is 27.4. The molecule has 4 rings (SSSR count). The van der Waals surface area contributed by atoms with Gasteiger partial charge < -0.3 is 14.2 Å². The number of benzene rings is 3. The van der Waals surface area contributed by atoms with Gasteiger partial charge in [-0.1, -0.05) is 28.1 Å². The Labute approximate surface area is 242 Å². The molecule has 1 saturated heterocycles. The second-order valence-corrected chi connectivity index (χ2v) is 10.6. The fourth-order valence-corrected chi connectivity index (χ4v) is 4.69. The first-order valence-corrected chi connectivity index (χ1v) is 13.5. The lowest BCUT2D eigenvalue weighted by molar-refractivity contribution is -0.122. The highest BCUT2D eigenvalue weighted by Gasteiger charge is 2.37. The Bertz CT molecular complexity index is 1400. The standard InChI is InChI=1S/C28H24BrIN2O6/c1-16(2)38-25-23(30)13-18(14-24(25)36-3)12-22-26(33)31-28(35)32(27(22)34)20-8-10-21(11-9-20)37-15-17-4-6-19(29)7-5-17/h4-14,16H,15H2,1-3H3,(H,31,33,35)/b22-12+. The third-order valence-electron chi connectivity index (χ3n) is 5.43.